The largest absolute Gasteiger partial charge is 0.312 e. The molecule has 116 valence electrons. The Morgan fingerprint density at radius 2 is 1.80 bits per heavy atom. The predicted molar refractivity (Wildman–Crippen MR) is 84.9 cm³/mol. The molecule has 1 aromatic rings. The topological polar surface area (TPSA) is 42.7 Å². The third kappa shape index (κ3) is 4.58. The summed E-state index contributed by atoms with van der Waals surface area (Å²) in [5, 5.41) is 8.03. The molecule has 0 amide bonds. The minimum absolute atomic E-state index is 0.154. The molecule has 4 nitrogen and oxygen atoms in total. The van der Waals surface area contributed by atoms with Crippen LogP contribution in [0.15, 0.2) is 6.33 Å². The Morgan fingerprint density at radius 1 is 1.20 bits per heavy atom. The van der Waals surface area contributed by atoms with Crippen LogP contribution >= 0.6 is 0 Å². The molecule has 0 saturated heterocycles. The first-order valence-electron chi connectivity index (χ1n) is 7.86. The van der Waals surface area contributed by atoms with Crippen LogP contribution in [0.5, 0.6) is 0 Å². The summed E-state index contributed by atoms with van der Waals surface area (Å²) in [4.78, 5) is 4.49. The fourth-order valence-corrected chi connectivity index (χ4v) is 2.43. The predicted octanol–water partition coefficient (Wildman–Crippen LogP) is 3.60. The summed E-state index contributed by atoms with van der Waals surface area (Å²) in [5.41, 5.74) is 0.411. The molecule has 0 spiro atoms. The molecule has 0 aromatic carbocycles. The maximum Gasteiger partial charge on any atom is 0.138 e. The maximum absolute atomic E-state index is 4.49. The first-order chi connectivity index (χ1) is 9.23. The van der Waals surface area contributed by atoms with Gasteiger partial charge in [-0.05, 0) is 52.9 Å². The first kappa shape index (κ1) is 17.2. The third-order valence-corrected chi connectivity index (χ3v) is 4.16. The fraction of sp³-hybridized carbons (Fsp3) is 0.875. The van der Waals surface area contributed by atoms with E-state index in [9.17, 15) is 0 Å². The van der Waals surface area contributed by atoms with Crippen LogP contribution in [0.25, 0.3) is 0 Å². The normalized spacial score (nSPS) is 13.2. The van der Waals surface area contributed by atoms with Crippen molar-refractivity contribution in [2.75, 3.05) is 6.54 Å². The lowest BCUT2D eigenvalue weighted by Crippen LogP contribution is -2.44. The van der Waals surface area contributed by atoms with Crippen LogP contribution in [-0.2, 0) is 6.42 Å². The number of rotatable bonds is 7. The Kier molecular flexibility index (Phi) is 5.75. The number of nitrogens with zero attached hydrogens (tertiary/aromatic N) is 3. The van der Waals surface area contributed by atoms with E-state index in [2.05, 4.69) is 68.5 Å². The summed E-state index contributed by atoms with van der Waals surface area (Å²) >= 11 is 0. The Labute approximate surface area is 124 Å². The highest BCUT2D eigenvalue weighted by Gasteiger charge is 2.30. The second-order valence-corrected chi connectivity index (χ2v) is 7.20. The average Bonchev–Trinajstić information content (AvgIpc) is 2.81. The van der Waals surface area contributed by atoms with Crippen LogP contribution in [0.3, 0.4) is 0 Å². The summed E-state index contributed by atoms with van der Waals surface area (Å²) in [6.45, 7) is 16.6. The van der Waals surface area contributed by atoms with E-state index in [1.165, 1.54) is 0 Å². The molecule has 0 saturated carbocycles. The Hall–Kier alpha value is -0.900. The van der Waals surface area contributed by atoms with Crippen molar-refractivity contribution in [3.8, 4) is 0 Å². The van der Waals surface area contributed by atoms with Gasteiger partial charge in [0.1, 0.15) is 12.2 Å². The van der Waals surface area contributed by atoms with Gasteiger partial charge in [0.15, 0.2) is 0 Å². The highest BCUT2D eigenvalue weighted by molar-refractivity contribution is 4.96. The molecular weight excluding hydrogens is 248 g/mol. The molecule has 0 aliphatic heterocycles. The molecule has 20 heavy (non-hydrogen) atoms. The second-order valence-electron chi connectivity index (χ2n) is 7.20. The van der Waals surface area contributed by atoms with E-state index in [0.29, 0.717) is 6.04 Å². The van der Waals surface area contributed by atoms with Crippen molar-refractivity contribution in [3.63, 3.8) is 0 Å². The Balaban J connectivity index is 2.88. The molecule has 1 aromatic heterocycles. The lowest BCUT2D eigenvalue weighted by atomic mass is 9.78. The highest BCUT2D eigenvalue weighted by Crippen LogP contribution is 2.30. The number of nitrogens with one attached hydrogen (secondary N) is 1. The zero-order chi connectivity index (χ0) is 15.4. The van der Waals surface area contributed by atoms with Gasteiger partial charge in [-0.25, -0.2) is 9.67 Å². The summed E-state index contributed by atoms with van der Waals surface area (Å²) in [6, 6.07) is 0.370. The summed E-state index contributed by atoms with van der Waals surface area (Å²) in [7, 11) is 0. The van der Waals surface area contributed by atoms with E-state index < -0.39 is 0 Å². The van der Waals surface area contributed by atoms with Crippen LogP contribution in [0.1, 0.15) is 73.2 Å². The zero-order valence-electron chi connectivity index (χ0n) is 14.3. The van der Waals surface area contributed by atoms with E-state index in [1.807, 2.05) is 0 Å². The smallest absolute Gasteiger partial charge is 0.138 e. The van der Waals surface area contributed by atoms with Crippen molar-refractivity contribution in [3.05, 3.63) is 12.2 Å². The summed E-state index contributed by atoms with van der Waals surface area (Å²) in [5.74, 6) is 1.11. The van der Waals surface area contributed by atoms with Gasteiger partial charge in [-0.15, -0.1) is 0 Å². The quantitative estimate of drug-likeness (QED) is 0.830. The molecule has 1 rings (SSSR count). The SMILES string of the molecule is CCC(CC)(CNC(C)(C)C)Cc1ncnn1C(C)C. The highest BCUT2D eigenvalue weighted by atomic mass is 15.3. The number of hydrogen-bond acceptors (Lipinski definition) is 3. The van der Waals surface area contributed by atoms with Gasteiger partial charge in [0.05, 0.1) is 0 Å². The zero-order valence-corrected chi connectivity index (χ0v) is 14.3. The van der Waals surface area contributed by atoms with Crippen molar-refractivity contribution in [2.45, 2.75) is 79.3 Å². The van der Waals surface area contributed by atoms with Crippen molar-refractivity contribution in [1.29, 1.82) is 0 Å². The summed E-state index contributed by atoms with van der Waals surface area (Å²) in [6.07, 6.45) is 4.97. The van der Waals surface area contributed by atoms with Gasteiger partial charge in [-0.2, -0.15) is 5.10 Å². The van der Waals surface area contributed by atoms with Crippen LogP contribution in [0, 0.1) is 5.41 Å². The first-order valence-corrected chi connectivity index (χ1v) is 7.86. The average molecular weight is 280 g/mol. The molecule has 4 heteroatoms. The van der Waals surface area contributed by atoms with Crippen molar-refractivity contribution < 1.29 is 0 Å². The molecule has 0 atom stereocenters. The van der Waals surface area contributed by atoms with E-state index >= 15 is 0 Å². The monoisotopic (exact) mass is 280 g/mol. The molecular formula is C16H32N4. The Bertz CT molecular complexity index is 397. The van der Waals surface area contributed by atoms with E-state index in [0.717, 1.165) is 31.6 Å². The molecule has 0 radical (unpaired) electrons. The van der Waals surface area contributed by atoms with Crippen LogP contribution in [0.4, 0.5) is 0 Å². The van der Waals surface area contributed by atoms with Gasteiger partial charge in [0.25, 0.3) is 0 Å². The van der Waals surface area contributed by atoms with Crippen molar-refractivity contribution in [2.24, 2.45) is 5.41 Å². The molecule has 1 N–H and O–H groups in total. The lowest BCUT2D eigenvalue weighted by molar-refractivity contribution is 0.212. The fourth-order valence-electron chi connectivity index (χ4n) is 2.43. The molecule has 0 aliphatic rings. The van der Waals surface area contributed by atoms with Gasteiger partial charge in [0, 0.05) is 24.5 Å². The van der Waals surface area contributed by atoms with Gasteiger partial charge >= 0.3 is 0 Å². The molecule has 1 heterocycles. The van der Waals surface area contributed by atoms with E-state index in [1.54, 1.807) is 6.33 Å². The Morgan fingerprint density at radius 3 is 2.25 bits per heavy atom. The van der Waals surface area contributed by atoms with Crippen LogP contribution < -0.4 is 5.32 Å². The van der Waals surface area contributed by atoms with E-state index in [-0.39, 0.29) is 11.0 Å². The minimum Gasteiger partial charge on any atom is -0.312 e. The van der Waals surface area contributed by atoms with Gasteiger partial charge in [-0.1, -0.05) is 13.8 Å². The number of aromatic nitrogens is 3. The number of hydrogen-bond donors (Lipinski definition) is 1. The van der Waals surface area contributed by atoms with E-state index in [4.69, 9.17) is 0 Å². The van der Waals surface area contributed by atoms with Gasteiger partial charge < -0.3 is 5.32 Å². The molecule has 0 aliphatic carbocycles. The standard InChI is InChI=1S/C16H32N4/c1-8-16(9-2,11-18-15(5,6)7)10-14-17-12-19-20(14)13(3)4/h12-13,18H,8-11H2,1-7H3. The lowest BCUT2D eigenvalue weighted by Gasteiger charge is -2.35. The van der Waals surface area contributed by atoms with Gasteiger partial charge in [-0.3, -0.25) is 0 Å². The van der Waals surface area contributed by atoms with Crippen LogP contribution in [0.2, 0.25) is 0 Å². The molecule has 0 fully saturated rings. The summed E-state index contributed by atoms with van der Waals surface area (Å²) < 4.78 is 2.05. The van der Waals surface area contributed by atoms with Crippen LogP contribution in [-0.4, -0.2) is 26.8 Å². The van der Waals surface area contributed by atoms with Crippen molar-refractivity contribution >= 4 is 0 Å². The second kappa shape index (κ2) is 6.70. The minimum atomic E-state index is 0.154. The molecule has 0 unspecified atom stereocenters. The van der Waals surface area contributed by atoms with Gasteiger partial charge in [0.2, 0.25) is 0 Å². The third-order valence-electron chi connectivity index (χ3n) is 4.16. The molecule has 0 bridgehead atoms. The van der Waals surface area contributed by atoms with Crippen molar-refractivity contribution in [1.82, 2.24) is 20.1 Å². The maximum atomic E-state index is 4.49.